The first-order valence-corrected chi connectivity index (χ1v) is 5.14. The quantitative estimate of drug-likeness (QED) is 0.707. The second kappa shape index (κ2) is 3.88. The molecule has 6 nitrogen and oxygen atoms in total. The van der Waals surface area contributed by atoms with Crippen molar-refractivity contribution in [1.82, 2.24) is 19.9 Å². The number of carbonyl (C=O) groups is 1. The van der Waals surface area contributed by atoms with E-state index in [9.17, 15) is 4.79 Å². The topological polar surface area (TPSA) is 77.0 Å². The Morgan fingerprint density at radius 1 is 1.33 bits per heavy atom. The van der Waals surface area contributed by atoms with Gasteiger partial charge in [0.2, 0.25) is 0 Å². The lowest BCUT2D eigenvalue weighted by molar-refractivity contribution is 0.0719. The predicted octanol–water partition coefficient (Wildman–Crippen LogP) is 0.0234. The number of carbonyl (C=O) groups excluding carboxylic acids is 1. The standard InChI is InChI=1S/C9H15N5O/c1-13-8(10)7(11-12-13)9(15)14-5-3-2-4-6-14/h2-6,10H2,1H3. The van der Waals surface area contributed by atoms with Crippen molar-refractivity contribution in [1.29, 1.82) is 0 Å². The Kier molecular flexibility index (Phi) is 2.57. The van der Waals surface area contributed by atoms with E-state index >= 15 is 0 Å². The van der Waals surface area contributed by atoms with Gasteiger partial charge in [-0.3, -0.25) is 4.79 Å². The van der Waals surface area contributed by atoms with E-state index in [-0.39, 0.29) is 11.6 Å². The molecule has 0 saturated carbocycles. The maximum Gasteiger partial charge on any atom is 0.278 e. The molecule has 1 saturated heterocycles. The molecule has 2 N–H and O–H groups in total. The van der Waals surface area contributed by atoms with E-state index in [2.05, 4.69) is 10.3 Å². The maximum absolute atomic E-state index is 12.0. The fourth-order valence-corrected chi connectivity index (χ4v) is 1.76. The van der Waals surface area contributed by atoms with Crippen LogP contribution in [0.15, 0.2) is 0 Å². The zero-order valence-electron chi connectivity index (χ0n) is 8.81. The molecule has 1 aromatic rings. The normalized spacial score (nSPS) is 16.7. The van der Waals surface area contributed by atoms with Crippen molar-refractivity contribution in [2.24, 2.45) is 7.05 Å². The number of nitrogens with zero attached hydrogens (tertiary/aromatic N) is 4. The highest BCUT2D eigenvalue weighted by Gasteiger charge is 2.23. The van der Waals surface area contributed by atoms with E-state index in [0.717, 1.165) is 25.9 Å². The second-order valence-corrected chi connectivity index (χ2v) is 3.80. The third kappa shape index (κ3) is 1.79. The smallest absolute Gasteiger partial charge is 0.278 e. The Morgan fingerprint density at radius 3 is 2.53 bits per heavy atom. The molecule has 2 heterocycles. The summed E-state index contributed by atoms with van der Waals surface area (Å²) in [5.74, 6) is 0.242. The van der Waals surface area contributed by atoms with Crippen LogP contribution in [-0.2, 0) is 7.05 Å². The summed E-state index contributed by atoms with van der Waals surface area (Å²) < 4.78 is 1.41. The summed E-state index contributed by atoms with van der Waals surface area (Å²) >= 11 is 0. The van der Waals surface area contributed by atoms with Crippen molar-refractivity contribution >= 4 is 11.7 Å². The van der Waals surface area contributed by atoms with Gasteiger partial charge in [0.25, 0.3) is 5.91 Å². The molecule has 1 amide bonds. The van der Waals surface area contributed by atoms with Crippen LogP contribution in [0.25, 0.3) is 0 Å². The molecule has 1 aliphatic heterocycles. The minimum atomic E-state index is -0.0969. The van der Waals surface area contributed by atoms with Gasteiger partial charge in [-0.15, -0.1) is 5.10 Å². The lowest BCUT2D eigenvalue weighted by Gasteiger charge is -2.25. The molecule has 1 fully saturated rings. The maximum atomic E-state index is 12.0. The van der Waals surface area contributed by atoms with Crippen LogP contribution in [0.2, 0.25) is 0 Å². The number of aryl methyl sites for hydroxylation is 1. The molecular weight excluding hydrogens is 194 g/mol. The lowest BCUT2D eigenvalue weighted by Crippen LogP contribution is -2.36. The largest absolute Gasteiger partial charge is 0.382 e. The summed E-state index contributed by atoms with van der Waals surface area (Å²) in [5, 5.41) is 7.51. The number of rotatable bonds is 1. The van der Waals surface area contributed by atoms with Crippen molar-refractivity contribution in [3.05, 3.63) is 5.69 Å². The van der Waals surface area contributed by atoms with Crippen LogP contribution in [0, 0.1) is 0 Å². The first-order chi connectivity index (χ1) is 7.20. The van der Waals surface area contributed by atoms with Gasteiger partial charge in [0.05, 0.1) is 0 Å². The van der Waals surface area contributed by atoms with Gasteiger partial charge in [-0.1, -0.05) is 5.21 Å². The molecule has 0 radical (unpaired) electrons. The van der Waals surface area contributed by atoms with E-state index in [4.69, 9.17) is 5.73 Å². The average molecular weight is 209 g/mol. The van der Waals surface area contributed by atoms with Crippen molar-refractivity contribution in [3.63, 3.8) is 0 Å². The Labute approximate surface area is 88.0 Å². The molecular formula is C9H15N5O. The van der Waals surface area contributed by atoms with Crippen LogP contribution in [0.1, 0.15) is 29.8 Å². The van der Waals surface area contributed by atoms with Crippen molar-refractivity contribution in [2.45, 2.75) is 19.3 Å². The van der Waals surface area contributed by atoms with Crippen LogP contribution >= 0.6 is 0 Å². The molecule has 0 aromatic carbocycles. The summed E-state index contributed by atoms with van der Waals surface area (Å²) in [5.41, 5.74) is 5.98. The van der Waals surface area contributed by atoms with E-state index < -0.39 is 0 Å². The van der Waals surface area contributed by atoms with E-state index in [1.165, 1.54) is 11.1 Å². The molecule has 1 aliphatic rings. The van der Waals surface area contributed by atoms with Gasteiger partial charge in [-0.25, -0.2) is 4.68 Å². The van der Waals surface area contributed by atoms with Gasteiger partial charge < -0.3 is 10.6 Å². The molecule has 82 valence electrons. The molecule has 2 rings (SSSR count). The highest BCUT2D eigenvalue weighted by molar-refractivity contribution is 5.96. The molecule has 0 spiro atoms. The highest BCUT2D eigenvalue weighted by Crippen LogP contribution is 2.14. The fraction of sp³-hybridized carbons (Fsp3) is 0.667. The third-order valence-corrected chi connectivity index (χ3v) is 2.72. The van der Waals surface area contributed by atoms with Gasteiger partial charge >= 0.3 is 0 Å². The number of hydrogen-bond donors (Lipinski definition) is 1. The first kappa shape index (κ1) is 9.95. The van der Waals surface area contributed by atoms with E-state index in [1.54, 1.807) is 11.9 Å². The third-order valence-electron chi connectivity index (χ3n) is 2.72. The van der Waals surface area contributed by atoms with Crippen LogP contribution in [0.5, 0.6) is 0 Å². The summed E-state index contributed by atoms with van der Waals surface area (Å²) in [6, 6.07) is 0. The number of aromatic nitrogens is 3. The van der Waals surface area contributed by atoms with Gasteiger partial charge in [0.1, 0.15) is 0 Å². The second-order valence-electron chi connectivity index (χ2n) is 3.80. The van der Waals surface area contributed by atoms with Crippen LogP contribution < -0.4 is 5.73 Å². The lowest BCUT2D eigenvalue weighted by atomic mass is 10.1. The molecule has 0 atom stereocenters. The monoisotopic (exact) mass is 209 g/mol. The van der Waals surface area contributed by atoms with Crippen molar-refractivity contribution < 1.29 is 4.79 Å². The van der Waals surface area contributed by atoms with Gasteiger partial charge in [-0.05, 0) is 19.3 Å². The molecule has 15 heavy (non-hydrogen) atoms. The van der Waals surface area contributed by atoms with Crippen LogP contribution in [-0.4, -0.2) is 38.9 Å². The number of amides is 1. The number of piperidine rings is 1. The molecule has 6 heteroatoms. The van der Waals surface area contributed by atoms with Crippen molar-refractivity contribution in [3.8, 4) is 0 Å². The Bertz CT molecular complexity index is 367. The van der Waals surface area contributed by atoms with E-state index in [1.807, 2.05) is 0 Å². The van der Waals surface area contributed by atoms with Gasteiger partial charge in [-0.2, -0.15) is 0 Å². The minimum Gasteiger partial charge on any atom is -0.382 e. The summed E-state index contributed by atoms with van der Waals surface area (Å²) in [6.45, 7) is 1.60. The average Bonchev–Trinajstić information content (AvgIpc) is 2.60. The molecule has 0 unspecified atom stereocenters. The summed E-state index contributed by atoms with van der Waals surface area (Å²) in [6.07, 6.45) is 3.32. The minimum absolute atomic E-state index is 0.0969. The number of nitrogen functional groups attached to an aromatic ring is 1. The van der Waals surface area contributed by atoms with E-state index in [0.29, 0.717) is 5.82 Å². The zero-order chi connectivity index (χ0) is 10.8. The fourth-order valence-electron chi connectivity index (χ4n) is 1.76. The Hall–Kier alpha value is -1.59. The molecule has 0 aliphatic carbocycles. The molecule has 0 bridgehead atoms. The predicted molar refractivity (Wildman–Crippen MR) is 55.2 cm³/mol. The number of nitrogens with two attached hydrogens (primary N) is 1. The number of hydrogen-bond acceptors (Lipinski definition) is 4. The van der Waals surface area contributed by atoms with Crippen LogP contribution in [0.4, 0.5) is 5.82 Å². The molecule has 1 aromatic heterocycles. The zero-order valence-corrected chi connectivity index (χ0v) is 8.81. The summed E-state index contributed by atoms with van der Waals surface area (Å²) in [4.78, 5) is 13.8. The van der Waals surface area contributed by atoms with Crippen molar-refractivity contribution in [2.75, 3.05) is 18.8 Å². The highest BCUT2D eigenvalue weighted by atomic mass is 16.2. The number of likely N-dealkylation sites (tertiary alicyclic amines) is 1. The van der Waals surface area contributed by atoms with Gasteiger partial charge in [0.15, 0.2) is 11.5 Å². The summed E-state index contributed by atoms with van der Waals surface area (Å²) in [7, 11) is 1.68. The Morgan fingerprint density at radius 2 is 2.00 bits per heavy atom. The number of anilines is 1. The van der Waals surface area contributed by atoms with Crippen LogP contribution in [0.3, 0.4) is 0 Å². The van der Waals surface area contributed by atoms with Gasteiger partial charge in [0, 0.05) is 20.1 Å². The Balaban J connectivity index is 2.16. The SMILES string of the molecule is Cn1nnc(C(=O)N2CCCCC2)c1N. The first-order valence-electron chi connectivity index (χ1n) is 5.14.